The Bertz CT molecular complexity index is 152. The van der Waals surface area contributed by atoms with Gasteiger partial charge in [-0.3, -0.25) is 4.90 Å². The van der Waals surface area contributed by atoms with Crippen molar-refractivity contribution in [3.05, 3.63) is 0 Å². The molecule has 0 aliphatic carbocycles. The van der Waals surface area contributed by atoms with Crippen LogP contribution in [0.2, 0.25) is 0 Å². The van der Waals surface area contributed by atoms with Crippen LogP contribution in [-0.4, -0.2) is 22.5 Å². The van der Waals surface area contributed by atoms with Crippen molar-refractivity contribution in [2.75, 3.05) is 0 Å². The monoisotopic (exact) mass is 167 g/mol. The second-order valence-corrected chi connectivity index (χ2v) is 5.39. The molecule has 0 aromatic carbocycles. The molecule has 0 saturated carbocycles. The van der Waals surface area contributed by atoms with E-state index >= 15 is 0 Å². The fourth-order valence-electron chi connectivity index (χ4n) is 3.21. The van der Waals surface area contributed by atoms with Gasteiger partial charge in [-0.05, 0) is 46.5 Å². The molecule has 0 spiro atoms. The smallest absolute Gasteiger partial charge is 0.0130 e. The Labute approximate surface area is 76.1 Å². The highest BCUT2D eigenvalue weighted by Gasteiger charge is 2.41. The van der Waals surface area contributed by atoms with Gasteiger partial charge in [0.2, 0.25) is 0 Å². The van der Waals surface area contributed by atoms with Crippen LogP contribution < -0.4 is 0 Å². The Morgan fingerprint density at radius 3 is 1.75 bits per heavy atom. The van der Waals surface area contributed by atoms with Gasteiger partial charge in [-0.2, -0.15) is 0 Å². The molecule has 2 aliphatic heterocycles. The lowest BCUT2D eigenvalue weighted by Crippen LogP contribution is -2.51. The lowest BCUT2D eigenvalue weighted by molar-refractivity contribution is 0.0441. The fraction of sp³-hybridized carbons (Fsp3) is 1.00. The summed E-state index contributed by atoms with van der Waals surface area (Å²) in [5.74, 6) is 0. The van der Waals surface area contributed by atoms with Gasteiger partial charge in [-0.25, -0.2) is 0 Å². The van der Waals surface area contributed by atoms with Crippen LogP contribution in [0.5, 0.6) is 0 Å². The van der Waals surface area contributed by atoms with E-state index in [1.54, 1.807) is 0 Å². The van der Waals surface area contributed by atoms with Crippen molar-refractivity contribution in [2.45, 2.75) is 70.5 Å². The summed E-state index contributed by atoms with van der Waals surface area (Å²) in [6.45, 7) is 7.09. The number of piperidine rings is 1. The van der Waals surface area contributed by atoms with Crippen LogP contribution in [-0.2, 0) is 0 Å². The topological polar surface area (TPSA) is 3.24 Å². The largest absolute Gasteiger partial charge is 0.293 e. The second kappa shape index (κ2) is 2.73. The first kappa shape index (κ1) is 8.55. The van der Waals surface area contributed by atoms with Crippen LogP contribution >= 0.6 is 0 Å². The molecule has 70 valence electrons. The molecule has 0 aromatic rings. The zero-order chi connectivity index (χ0) is 8.77. The Morgan fingerprint density at radius 2 is 1.42 bits per heavy atom. The first-order valence-electron chi connectivity index (χ1n) is 5.37. The highest BCUT2D eigenvalue weighted by atomic mass is 15.3. The standard InChI is InChI=1S/C11H21N/c1-11(2,3)12-9-5-4-6-10(12)8-7-9/h9-10H,4-8H2,1-3H3. The van der Waals surface area contributed by atoms with E-state index in [1.165, 1.54) is 32.1 Å². The van der Waals surface area contributed by atoms with Crippen LogP contribution in [0, 0.1) is 0 Å². The Balaban J connectivity index is 2.15. The summed E-state index contributed by atoms with van der Waals surface area (Å²) in [6, 6.07) is 1.84. The summed E-state index contributed by atoms with van der Waals surface area (Å²) in [6.07, 6.45) is 7.30. The maximum Gasteiger partial charge on any atom is 0.0130 e. The first-order chi connectivity index (χ1) is 5.59. The van der Waals surface area contributed by atoms with E-state index in [1.807, 2.05) is 0 Å². The average Bonchev–Trinajstić information content (AvgIpc) is 2.23. The molecule has 0 aromatic heterocycles. The summed E-state index contributed by atoms with van der Waals surface area (Å²) in [4.78, 5) is 2.77. The van der Waals surface area contributed by atoms with Gasteiger partial charge in [0.05, 0.1) is 0 Å². The minimum atomic E-state index is 0.409. The van der Waals surface area contributed by atoms with Crippen molar-refractivity contribution in [1.29, 1.82) is 0 Å². The number of nitrogens with zero attached hydrogens (tertiary/aromatic N) is 1. The zero-order valence-electron chi connectivity index (χ0n) is 8.64. The molecule has 2 aliphatic rings. The Kier molecular flexibility index (Phi) is 1.95. The van der Waals surface area contributed by atoms with Crippen molar-refractivity contribution in [2.24, 2.45) is 0 Å². The molecule has 1 heteroatoms. The third-order valence-corrected chi connectivity index (χ3v) is 3.47. The van der Waals surface area contributed by atoms with Gasteiger partial charge in [-0.1, -0.05) is 6.42 Å². The van der Waals surface area contributed by atoms with Crippen molar-refractivity contribution in [3.8, 4) is 0 Å². The highest BCUT2D eigenvalue weighted by molar-refractivity contribution is 4.97. The maximum absolute atomic E-state index is 2.77. The van der Waals surface area contributed by atoms with Crippen molar-refractivity contribution < 1.29 is 0 Å². The third-order valence-electron chi connectivity index (χ3n) is 3.47. The fourth-order valence-corrected chi connectivity index (χ4v) is 3.21. The summed E-state index contributed by atoms with van der Waals surface area (Å²) < 4.78 is 0. The van der Waals surface area contributed by atoms with Crippen molar-refractivity contribution in [3.63, 3.8) is 0 Å². The molecule has 0 radical (unpaired) electrons. The molecular weight excluding hydrogens is 146 g/mol. The van der Waals surface area contributed by atoms with Gasteiger partial charge in [-0.15, -0.1) is 0 Å². The van der Waals surface area contributed by atoms with Gasteiger partial charge in [0.1, 0.15) is 0 Å². The molecule has 2 saturated heterocycles. The van der Waals surface area contributed by atoms with E-state index < -0.39 is 0 Å². The van der Waals surface area contributed by atoms with Gasteiger partial charge in [0, 0.05) is 17.6 Å². The molecule has 2 heterocycles. The normalized spacial score (nSPS) is 37.2. The molecule has 2 bridgehead atoms. The molecule has 2 unspecified atom stereocenters. The predicted molar refractivity (Wildman–Crippen MR) is 52.3 cm³/mol. The number of fused-ring (bicyclic) bond motifs is 2. The average molecular weight is 167 g/mol. The molecule has 1 nitrogen and oxygen atoms in total. The van der Waals surface area contributed by atoms with E-state index in [0.717, 1.165) is 12.1 Å². The molecule has 2 atom stereocenters. The summed E-state index contributed by atoms with van der Waals surface area (Å²) in [7, 11) is 0. The van der Waals surface area contributed by atoms with Crippen LogP contribution in [0.1, 0.15) is 52.9 Å². The third kappa shape index (κ3) is 1.28. The molecular formula is C11H21N. The number of rotatable bonds is 0. The van der Waals surface area contributed by atoms with E-state index in [9.17, 15) is 0 Å². The van der Waals surface area contributed by atoms with Crippen LogP contribution in [0.25, 0.3) is 0 Å². The minimum Gasteiger partial charge on any atom is -0.293 e. The molecule has 12 heavy (non-hydrogen) atoms. The van der Waals surface area contributed by atoms with E-state index in [2.05, 4.69) is 25.7 Å². The van der Waals surface area contributed by atoms with E-state index in [4.69, 9.17) is 0 Å². The number of hydrogen-bond donors (Lipinski definition) is 0. The van der Waals surface area contributed by atoms with Crippen LogP contribution in [0.15, 0.2) is 0 Å². The summed E-state index contributed by atoms with van der Waals surface area (Å²) >= 11 is 0. The van der Waals surface area contributed by atoms with Gasteiger partial charge in [0.25, 0.3) is 0 Å². The van der Waals surface area contributed by atoms with E-state index in [0.29, 0.717) is 5.54 Å². The zero-order valence-corrected chi connectivity index (χ0v) is 8.64. The quantitative estimate of drug-likeness (QED) is 0.536. The highest BCUT2D eigenvalue weighted by Crippen LogP contribution is 2.39. The van der Waals surface area contributed by atoms with Gasteiger partial charge >= 0.3 is 0 Å². The lowest BCUT2D eigenvalue weighted by atomic mass is 9.95. The summed E-state index contributed by atoms with van der Waals surface area (Å²) in [5, 5.41) is 0. The second-order valence-electron chi connectivity index (χ2n) is 5.39. The van der Waals surface area contributed by atoms with Gasteiger partial charge < -0.3 is 0 Å². The molecule has 2 fully saturated rings. The van der Waals surface area contributed by atoms with Gasteiger partial charge in [0.15, 0.2) is 0 Å². The molecule has 0 amide bonds. The first-order valence-corrected chi connectivity index (χ1v) is 5.37. The number of hydrogen-bond acceptors (Lipinski definition) is 1. The Morgan fingerprint density at radius 1 is 0.917 bits per heavy atom. The molecule has 0 N–H and O–H groups in total. The minimum absolute atomic E-state index is 0.409. The van der Waals surface area contributed by atoms with Crippen molar-refractivity contribution >= 4 is 0 Å². The van der Waals surface area contributed by atoms with E-state index in [-0.39, 0.29) is 0 Å². The maximum atomic E-state index is 2.77. The van der Waals surface area contributed by atoms with Crippen LogP contribution in [0.4, 0.5) is 0 Å². The van der Waals surface area contributed by atoms with Crippen molar-refractivity contribution in [1.82, 2.24) is 4.90 Å². The predicted octanol–water partition coefficient (Wildman–Crippen LogP) is 2.80. The Hall–Kier alpha value is -0.0400. The van der Waals surface area contributed by atoms with Crippen LogP contribution in [0.3, 0.4) is 0 Å². The lowest BCUT2D eigenvalue weighted by Gasteiger charge is -2.44. The SMILES string of the molecule is CC(C)(C)N1C2CCCC1CC2. The summed E-state index contributed by atoms with van der Waals surface area (Å²) in [5.41, 5.74) is 0.409. The molecule has 2 rings (SSSR count).